The zero-order valence-corrected chi connectivity index (χ0v) is 14.7. The summed E-state index contributed by atoms with van der Waals surface area (Å²) >= 11 is 1.83. The van der Waals surface area contributed by atoms with Crippen LogP contribution in [0, 0.1) is 6.92 Å². The molecule has 0 aromatic carbocycles. The normalized spacial score (nSPS) is 11.6. The Balaban J connectivity index is 2.61. The minimum Gasteiger partial charge on any atom is -0.348 e. The number of hydrogen-bond donors (Lipinski definition) is 1. The molecule has 0 fully saturated rings. The molecule has 0 aliphatic heterocycles. The maximum absolute atomic E-state index is 4.75. The Morgan fingerprint density at radius 1 is 1.25 bits per heavy atom. The number of anilines is 1. The van der Waals surface area contributed by atoms with Crippen LogP contribution in [-0.4, -0.2) is 49.7 Å². The molecule has 116 valence electrons. The van der Waals surface area contributed by atoms with Gasteiger partial charge < -0.3 is 15.1 Å². The van der Waals surface area contributed by atoms with Crippen molar-refractivity contribution < 1.29 is 0 Å². The van der Waals surface area contributed by atoms with Crippen molar-refractivity contribution in [3.8, 4) is 0 Å². The van der Waals surface area contributed by atoms with Crippen LogP contribution in [0.2, 0.25) is 0 Å². The number of hydrogen-bond acceptors (Lipinski definition) is 5. The molecule has 0 amide bonds. The third-order valence-electron chi connectivity index (χ3n) is 3.24. The Kier molecular flexibility index (Phi) is 7.48. The van der Waals surface area contributed by atoms with Gasteiger partial charge in [0, 0.05) is 30.6 Å². The summed E-state index contributed by atoms with van der Waals surface area (Å²) in [6.45, 7) is 12.8. The van der Waals surface area contributed by atoms with Crippen LogP contribution in [0.5, 0.6) is 0 Å². The summed E-state index contributed by atoms with van der Waals surface area (Å²) in [6.07, 6.45) is 1.18. The maximum Gasteiger partial charge on any atom is 0.185 e. The van der Waals surface area contributed by atoms with Crippen LogP contribution in [-0.2, 0) is 6.54 Å². The van der Waals surface area contributed by atoms with Gasteiger partial charge in [-0.2, -0.15) is 0 Å². The molecule has 5 heteroatoms. The van der Waals surface area contributed by atoms with E-state index in [1.807, 2.05) is 11.3 Å². The number of nitrogens with zero attached hydrogens (tertiary/aromatic N) is 3. The van der Waals surface area contributed by atoms with Crippen LogP contribution in [0.15, 0.2) is 0 Å². The van der Waals surface area contributed by atoms with Gasteiger partial charge in [0.1, 0.15) is 0 Å². The first-order chi connectivity index (χ1) is 9.43. The van der Waals surface area contributed by atoms with Crippen molar-refractivity contribution in [1.29, 1.82) is 0 Å². The van der Waals surface area contributed by atoms with Gasteiger partial charge in [-0.05, 0) is 40.9 Å². The largest absolute Gasteiger partial charge is 0.348 e. The van der Waals surface area contributed by atoms with Crippen LogP contribution in [0.4, 0.5) is 5.13 Å². The van der Waals surface area contributed by atoms with Gasteiger partial charge >= 0.3 is 0 Å². The SMILES string of the molecule is CCN(CCCN(C)C)c1nc(C)c(CNC(C)C)s1. The van der Waals surface area contributed by atoms with Crippen LogP contribution < -0.4 is 10.2 Å². The van der Waals surface area contributed by atoms with Gasteiger partial charge in [-0.3, -0.25) is 0 Å². The molecule has 20 heavy (non-hydrogen) atoms. The van der Waals surface area contributed by atoms with E-state index in [0.29, 0.717) is 6.04 Å². The molecule has 1 aromatic rings. The second kappa shape index (κ2) is 8.60. The van der Waals surface area contributed by atoms with Crippen molar-refractivity contribution in [2.45, 2.75) is 46.7 Å². The zero-order valence-electron chi connectivity index (χ0n) is 13.9. The fraction of sp³-hybridized carbons (Fsp3) is 0.800. The van der Waals surface area contributed by atoms with E-state index >= 15 is 0 Å². The van der Waals surface area contributed by atoms with Crippen LogP contribution in [0.1, 0.15) is 37.8 Å². The molecule has 1 N–H and O–H groups in total. The molecule has 0 aliphatic rings. The van der Waals surface area contributed by atoms with E-state index in [4.69, 9.17) is 4.98 Å². The van der Waals surface area contributed by atoms with E-state index in [1.165, 1.54) is 22.1 Å². The van der Waals surface area contributed by atoms with E-state index < -0.39 is 0 Å². The molecular formula is C15H30N4S. The molecular weight excluding hydrogens is 268 g/mol. The second-order valence-electron chi connectivity index (χ2n) is 5.78. The lowest BCUT2D eigenvalue weighted by molar-refractivity contribution is 0.400. The number of aromatic nitrogens is 1. The van der Waals surface area contributed by atoms with Crippen molar-refractivity contribution in [3.63, 3.8) is 0 Å². The molecule has 0 atom stereocenters. The number of thiazole rings is 1. The van der Waals surface area contributed by atoms with Gasteiger partial charge in [0.2, 0.25) is 0 Å². The smallest absolute Gasteiger partial charge is 0.185 e. The van der Waals surface area contributed by atoms with E-state index in [9.17, 15) is 0 Å². The third kappa shape index (κ3) is 5.77. The molecule has 0 spiro atoms. The second-order valence-corrected chi connectivity index (χ2v) is 6.84. The first kappa shape index (κ1) is 17.4. The Morgan fingerprint density at radius 2 is 1.95 bits per heavy atom. The lowest BCUT2D eigenvalue weighted by Crippen LogP contribution is -2.26. The average Bonchev–Trinajstić information content (AvgIpc) is 2.73. The highest BCUT2D eigenvalue weighted by atomic mass is 32.1. The molecule has 0 saturated heterocycles. The molecule has 0 bridgehead atoms. The van der Waals surface area contributed by atoms with Gasteiger partial charge in [0.15, 0.2) is 5.13 Å². The topological polar surface area (TPSA) is 31.4 Å². The van der Waals surface area contributed by atoms with Gasteiger partial charge in [-0.25, -0.2) is 4.98 Å². The van der Waals surface area contributed by atoms with Crippen molar-refractivity contribution in [2.75, 3.05) is 38.6 Å². The Hall–Kier alpha value is -0.650. The summed E-state index contributed by atoms with van der Waals surface area (Å²) < 4.78 is 0. The van der Waals surface area contributed by atoms with E-state index in [1.54, 1.807) is 0 Å². The predicted octanol–water partition coefficient (Wildman–Crippen LogP) is 2.73. The molecule has 0 aliphatic carbocycles. The number of rotatable bonds is 9. The molecule has 1 heterocycles. The predicted molar refractivity (Wildman–Crippen MR) is 89.9 cm³/mol. The van der Waals surface area contributed by atoms with Crippen molar-refractivity contribution in [2.24, 2.45) is 0 Å². The third-order valence-corrected chi connectivity index (χ3v) is 4.46. The number of aryl methyl sites for hydroxylation is 1. The Morgan fingerprint density at radius 3 is 2.50 bits per heavy atom. The summed E-state index contributed by atoms with van der Waals surface area (Å²) in [5, 5.41) is 4.65. The minimum absolute atomic E-state index is 0.516. The summed E-state index contributed by atoms with van der Waals surface area (Å²) in [5.74, 6) is 0. The first-order valence-corrected chi connectivity index (χ1v) is 8.35. The molecule has 1 aromatic heterocycles. The summed E-state index contributed by atoms with van der Waals surface area (Å²) in [6, 6.07) is 0.516. The van der Waals surface area contributed by atoms with Crippen LogP contribution >= 0.6 is 11.3 Å². The maximum atomic E-state index is 4.75. The van der Waals surface area contributed by atoms with Crippen molar-refractivity contribution in [3.05, 3.63) is 10.6 Å². The molecule has 0 saturated carbocycles. The zero-order chi connectivity index (χ0) is 15.1. The quantitative estimate of drug-likeness (QED) is 0.759. The van der Waals surface area contributed by atoms with Crippen molar-refractivity contribution >= 4 is 16.5 Å². The lowest BCUT2D eigenvalue weighted by atomic mass is 10.3. The van der Waals surface area contributed by atoms with Gasteiger partial charge in [-0.1, -0.05) is 13.8 Å². The van der Waals surface area contributed by atoms with E-state index in [0.717, 1.165) is 26.2 Å². The first-order valence-electron chi connectivity index (χ1n) is 7.53. The van der Waals surface area contributed by atoms with Gasteiger partial charge in [-0.15, -0.1) is 11.3 Å². The summed E-state index contributed by atoms with van der Waals surface area (Å²) in [7, 11) is 4.25. The molecule has 0 unspecified atom stereocenters. The summed E-state index contributed by atoms with van der Waals surface area (Å²) in [4.78, 5) is 10.7. The van der Waals surface area contributed by atoms with Crippen LogP contribution in [0.3, 0.4) is 0 Å². The number of nitrogens with one attached hydrogen (secondary N) is 1. The fourth-order valence-electron chi connectivity index (χ4n) is 1.98. The summed E-state index contributed by atoms with van der Waals surface area (Å²) in [5.41, 5.74) is 1.17. The lowest BCUT2D eigenvalue weighted by Gasteiger charge is -2.20. The molecule has 1 rings (SSSR count). The van der Waals surface area contributed by atoms with E-state index in [-0.39, 0.29) is 0 Å². The highest BCUT2D eigenvalue weighted by Crippen LogP contribution is 2.26. The average molecular weight is 298 g/mol. The standard InChI is InChI=1S/C15H30N4S/c1-7-19(10-8-9-18(5)6)15-17-13(4)14(20-15)11-16-12(2)3/h12,16H,7-11H2,1-6H3. The van der Waals surface area contributed by atoms with Crippen LogP contribution in [0.25, 0.3) is 0 Å². The fourth-order valence-corrected chi connectivity index (χ4v) is 3.08. The van der Waals surface area contributed by atoms with Gasteiger partial charge in [0.05, 0.1) is 5.69 Å². The molecule has 0 radical (unpaired) electrons. The van der Waals surface area contributed by atoms with E-state index in [2.05, 4.69) is 56.9 Å². The Bertz CT molecular complexity index is 387. The highest BCUT2D eigenvalue weighted by Gasteiger charge is 2.13. The van der Waals surface area contributed by atoms with Crippen molar-refractivity contribution in [1.82, 2.24) is 15.2 Å². The van der Waals surface area contributed by atoms with Gasteiger partial charge in [0.25, 0.3) is 0 Å². The minimum atomic E-state index is 0.516. The monoisotopic (exact) mass is 298 g/mol. The highest BCUT2D eigenvalue weighted by molar-refractivity contribution is 7.15. The molecule has 4 nitrogen and oxygen atoms in total. The Labute approximate surface area is 128 Å².